The number of thiazole rings is 1. The van der Waals surface area contributed by atoms with Gasteiger partial charge in [-0.15, -0.1) is 11.3 Å². The Bertz CT molecular complexity index is 1300. The van der Waals surface area contributed by atoms with E-state index >= 15 is 0 Å². The van der Waals surface area contributed by atoms with Gasteiger partial charge in [0, 0.05) is 35.9 Å². The van der Waals surface area contributed by atoms with Crippen molar-refractivity contribution in [2.24, 2.45) is 0 Å². The second-order valence-electron chi connectivity index (χ2n) is 5.85. The van der Waals surface area contributed by atoms with Crippen LogP contribution in [0.2, 0.25) is 0 Å². The molecule has 0 aliphatic rings. The van der Waals surface area contributed by atoms with Gasteiger partial charge in [0.1, 0.15) is 0 Å². The van der Waals surface area contributed by atoms with Crippen LogP contribution >= 0.6 is 11.3 Å². The third-order valence-electron chi connectivity index (χ3n) is 4.23. The maximum Gasteiger partial charge on any atom is 0.248 e. The summed E-state index contributed by atoms with van der Waals surface area (Å²) in [7, 11) is 0. The first-order chi connectivity index (χ1) is 12.8. The van der Waals surface area contributed by atoms with Crippen LogP contribution in [0.15, 0.2) is 71.4 Å². The van der Waals surface area contributed by atoms with Crippen molar-refractivity contribution in [3.8, 4) is 11.3 Å². The van der Waals surface area contributed by atoms with Crippen LogP contribution in [-0.4, -0.2) is 19.4 Å². The van der Waals surface area contributed by atoms with Crippen LogP contribution in [0, 0.1) is 0 Å². The first-order valence-corrected chi connectivity index (χ1v) is 8.91. The lowest BCUT2D eigenvalue weighted by atomic mass is 10.1. The minimum atomic E-state index is -0.130. The number of nitrogens with one attached hydrogen (secondary N) is 2. The van der Waals surface area contributed by atoms with Crippen LogP contribution in [0.1, 0.15) is 0 Å². The van der Waals surface area contributed by atoms with E-state index < -0.39 is 0 Å². The number of pyridine rings is 2. The second kappa shape index (κ2) is 5.82. The number of benzene rings is 1. The number of anilines is 2. The fraction of sp³-hybridized carbons (Fsp3) is 0. The Balaban J connectivity index is 1.60. The van der Waals surface area contributed by atoms with Crippen LogP contribution in [0.5, 0.6) is 0 Å². The number of aromatic amines is 1. The molecule has 0 spiro atoms. The van der Waals surface area contributed by atoms with Gasteiger partial charge < -0.3 is 10.3 Å². The molecule has 0 radical (unpaired) electrons. The number of rotatable bonds is 3. The van der Waals surface area contributed by atoms with E-state index in [9.17, 15) is 4.79 Å². The van der Waals surface area contributed by atoms with Crippen molar-refractivity contribution in [3.05, 3.63) is 76.9 Å². The molecule has 0 aliphatic heterocycles. The van der Waals surface area contributed by atoms with Crippen molar-refractivity contribution in [2.45, 2.75) is 0 Å². The lowest BCUT2D eigenvalue weighted by Gasteiger charge is -2.11. The summed E-state index contributed by atoms with van der Waals surface area (Å²) in [5.41, 5.74) is 7.07. The Morgan fingerprint density at radius 1 is 1.08 bits per heavy atom. The van der Waals surface area contributed by atoms with Crippen LogP contribution in [0.3, 0.4) is 0 Å². The van der Waals surface area contributed by atoms with Gasteiger partial charge in [0.2, 0.25) is 5.56 Å². The largest absolute Gasteiger partial charge is 0.352 e. The highest BCUT2D eigenvalue weighted by Gasteiger charge is 2.10. The van der Waals surface area contributed by atoms with Crippen LogP contribution in [-0.2, 0) is 0 Å². The van der Waals surface area contributed by atoms with Crippen LogP contribution < -0.4 is 10.9 Å². The van der Waals surface area contributed by atoms with Crippen molar-refractivity contribution < 1.29 is 0 Å². The van der Waals surface area contributed by atoms with E-state index in [1.807, 2.05) is 46.4 Å². The Morgan fingerprint density at radius 3 is 2.96 bits per heavy atom. The molecule has 4 heterocycles. The molecule has 2 N–H and O–H groups in total. The Morgan fingerprint density at radius 2 is 2.04 bits per heavy atom. The van der Waals surface area contributed by atoms with Gasteiger partial charge in [0.15, 0.2) is 5.65 Å². The van der Waals surface area contributed by atoms with Crippen molar-refractivity contribution in [1.82, 2.24) is 19.4 Å². The van der Waals surface area contributed by atoms with E-state index in [4.69, 9.17) is 0 Å². The number of aromatic nitrogens is 4. The predicted molar refractivity (Wildman–Crippen MR) is 104 cm³/mol. The molecule has 0 saturated heterocycles. The third kappa shape index (κ3) is 2.46. The molecule has 0 fully saturated rings. The van der Waals surface area contributed by atoms with Gasteiger partial charge in [0.05, 0.1) is 27.1 Å². The van der Waals surface area contributed by atoms with Crippen molar-refractivity contribution >= 4 is 38.6 Å². The van der Waals surface area contributed by atoms with E-state index in [1.165, 1.54) is 0 Å². The monoisotopic (exact) mass is 359 g/mol. The maximum absolute atomic E-state index is 11.6. The molecule has 6 nitrogen and oxygen atoms in total. The van der Waals surface area contributed by atoms with Gasteiger partial charge in [-0.3, -0.25) is 9.20 Å². The molecule has 7 heteroatoms. The highest BCUT2D eigenvalue weighted by atomic mass is 32.1. The molecule has 126 valence electrons. The summed E-state index contributed by atoms with van der Waals surface area (Å²) in [5.74, 6) is 0. The van der Waals surface area contributed by atoms with E-state index in [1.54, 1.807) is 29.8 Å². The van der Waals surface area contributed by atoms with Gasteiger partial charge in [-0.1, -0.05) is 0 Å². The molecule has 0 amide bonds. The fourth-order valence-electron chi connectivity index (χ4n) is 3.04. The summed E-state index contributed by atoms with van der Waals surface area (Å²) >= 11 is 1.62. The molecule has 0 bridgehead atoms. The first-order valence-electron chi connectivity index (χ1n) is 8.03. The Kier molecular flexibility index (Phi) is 3.32. The number of H-pyrrole nitrogens is 1. The Hall–Kier alpha value is -3.45. The average Bonchev–Trinajstić information content (AvgIpc) is 3.31. The number of nitrogens with zero attached hydrogens (tertiary/aromatic N) is 3. The summed E-state index contributed by atoms with van der Waals surface area (Å²) < 4.78 is 3.13. The zero-order valence-corrected chi connectivity index (χ0v) is 14.3. The molecule has 0 aliphatic carbocycles. The molecule has 4 aromatic heterocycles. The zero-order chi connectivity index (χ0) is 17.5. The van der Waals surface area contributed by atoms with Crippen LogP contribution in [0.25, 0.3) is 27.1 Å². The summed E-state index contributed by atoms with van der Waals surface area (Å²) in [6.45, 7) is 0. The number of hydrogen-bond acceptors (Lipinski definition) is 5. The Labute approximate surface area is 151 Å². The number of fused-ring (bicyclic) bond motifs is 2. The van der Waals surface area contributed by atoms with Gasteiger partial charge in [-0.25, -0.2) is 9.97 Å². The van der Waals surface area contributed by atoms with E-state index in [0.717, 1.165) is 38.5 Å². The fourth-order valence-corrected chi connectivity index (χ4v) is 3.70. The van der Waals surface area contributed by atoms with Crippen molar-refractivity contribution in [3.63, 3.8) is 0 Å². The molecule has 1 aromatic carbocycles. The van der Waals surface area contributed by atoms with Gasteiger partial charge in [-0.2, -0.15) is 0 Å². The molecule has 5 aromatic rings. The summed E-state index contributed by atoms with van der Waals surface area (Å²) in [5, 5.41) is 3.42. The molecular formula is C19H13N5OS. The summed E-state index contributed by atoms with van der Waals surface area (Å²) in [4.78, 5) is 23.1. The van der Waals surface area contributed by atoms with Gasteiger partial charge in [0.25, 0.3) is 0 Å². The minimum Gasteiger partial charge on any atom is -0.352 e. The smallest absolute Gasteiger partial charge is 0.248 e. The summed E-state index contributed by atoms with van der Waals surface area (Å²) in [6.07, 6.45) is 5.29. The summed E-state index contributed by atoms with van der Waals surface area (Å²) in [6, 6.07) is 13.5. The standard InChI is InChI=1S/C19H13N5OS/c25-18-9-12(5-6-20-18)16-3-2-14(19-21-7-8-24(16)19)23-13-1-4-17-15(10-13)22-11-26-17/h1-11,23H,(H,20,25). The SMILES string of the molecule is O=c1cc(-c2ccc(Nc3ccc4scnc4c3)c3nccn23)cc[nH]1. The molecule has 0 atom stereocenters. The van der Waals surface area contributed by atoms with E-state index in [0.29, 0.717) is 0 Å². The molecular weight excluding hydrogens is 346 g/mol. The van der Waals surface area contributed by atoms with Crippen LogP contribution in [0.4, 0.5) is 11.4 Å². The predicted octanol–water partition coefficient (Wildman–Crippen LogP) is 4.04. The number of imidazole rings is 1. The molecule has 26 heavy (non-hydrogen) atoms. The quantitative estimate of drug-likeness (QED) is 0.510. The highest BCUT2D eigenvalue weighted by Crippen LogP contribution is 2.28. The lowest BCUT2D eigenvalue weighted by Crippen LogP contribution is -2.04. The second-order valence-corrected chi connectivity index (χ2v) is 6.74. The van der Waals surface area contributed by atoms with E-state index in [2.05, 4.69) is 26.3 Å². The van der Waals surface area contributed by atoms with Gasteiger partial charge >= 0.3 is 0 Å². The molecule has 0 unspecified atom stereocenters. The third-order valence-corrected chi connectivity index (χ3v) is 5.04. The maximum atomic E-state index is 11.6. The minimum absolute atomic E-state index is 0.130. The van der Waals surface area contributed by atoms with Crippen molar-refractivity contribution in [1.29, 1.82) is 0 Å². The number of hydrogen-bond donors (Lipinski definition) is 2. The molecule has 5 rings (SSSR count). The van der Waals surface area contributed by atoms with Crippen molar-refractivity contribution in [2.75, 3.05) is 5.32 Å². The topological polar surface area (TPSA) is 75.1 Å². The van der Waals surface area contributed by atoms with Gasteiger partial charge in [-0.05, 0) is 36.4 Å². The van der Waals surface area contributed by atoms with E-state index in [-0.39, 0.29) is 5.56 Å². The zero-order valence-electron chi connectivity index (χ0n) is 13.5. The molecule has 0 saturated carbocycles. The average molecular weight is 359 g/mol. The first kappa shape index (κ1) is 14.9. The lowest BCUT2D eigenvalue weighted by molar-refractivity contribution is 1.17. The highest BCUT2D eigenvalue weighted by molar-refractivity contribution is 7.16. The normalized spacial score (nSPS) is 11.2.